The Morgan fingerprint density at radius 3 is 2.43 bits per heavy atom. The zero-order valence-electron chi connectivity index (χ0n) is 21.4. The second kappa shape index (κ2) is 11.6. The van der Waals surface area contributed by atoms with Gasteiger partial charge in [0.2, 0.25) is 0 Å². The molecule has 0 aromatic heterocycles. The van der Waals surface area contributed by atoms with Gasteiger partial charge < -0.3 is 14.5 Å². The van der Waals surface area contributed by atoms with Gasteiger partial charge in [-0.3, -0.25) is 4.99 Å². The predicted molar refractivity (Wildman–Crippen MR) is 135 cm³/mol. The number of amides is 2. The molecular weight excluding hydrogens is 483 g/mol. The standard InChI is InChI=1S/C27H34F3N5O2/c1-18(2)37-12-9-25-32-15-24(33-25)22-13-21(20-3-5-23(6-4-20)27(28,29)30)16-35(17-22)26(36)34-10-7-19(14-31)8-11-34/h3-6,18-19,21-22H,7-13,15-17H2,1-2H3. The van der Waals surface area contributed by atoms with Crippen LogP contribution >= 0.6 is 0 Å². The molecule has 0 radical (unpaired) electrons. The summed E-state index contributed by atoms with van der Waals surface area (Å²) in [5.74, 6) is 0.566. The number of likely N-dealkylation sites (tertiary alicyclic amines) is 2. The van der Waals surface area contributed by atoms with E-state index in [1.54, 1.807) is 4.90 Å². The van der Waals surface area contributed by atoms with Crippen molar-refractivity contribution in [3.8, 4) is 6.07 Å². The number of halogens is 3. The molecule has 37 heavy (non-hydrogen) atoms. The fourth-order valence-electron chi connectivity index (χ4n) is 5.23. The highest BCUT2D eigenvalue weighted by Crippen LogP contribution is 2.35. The third-order valence-corrected chi connectivity index (χ3v) is 7.32. The maximum absolute atomic E-state index is 13.5. The van der Waals surface area contributed by atoms with E-state index in [-0.39, 0.29) is 29.9 Å². The van der Waals surface area contributed by atoms with Crippen LogP contribution in [0.4, 0.5) is 18.0 Å². The zero-order chi connectivity index (χ0) is 26.6. The first-order valence-electron chi connectivity index (χ1n) is 13.0. The van der Waals surface area contributed by atoms with Gasteiger partial charge in [-0.05, 0) is 50.8 Å². The summed E-state index contributed by atoms with van der Waals surface area (Å²) in [5.41, 5.74) is 1.01. The number of benzene rings is 1. The summed E-state index contributed by atoms with van der Waals surface area (Å²) in [6.07, 6.45) is -1.64. The molecule has 2 fully saturated rings. The van der Waals surface area contributed by atoms with Crippen molar-refractivity contribution in [2.45, 2.75) is 57.7 Å². The van der Waals surface area contributed by atoms with Gasteiger partial charge >= 0.3 is 12.2 Å². The molecule has 3 aliphatic rings. The Hall–Kier alpha value is -2.93. The van der Waals surface area contributed by atoms with Crippen molar-refractivity contribution >= 4 is 17.6 Å². The molecule has 0 N–H and O–H groups in total. The molecule has 1 aromatic rings. The van der Waals surface area contributed by atoms with Gasteiger partial charge in [0.1, 0.15) is 5.84 Å². The highest BCUT2D eigenvalue weighted by molar-refractivity contribution is 6.05. The summed E-state index contributed by atoms with van der Waals surface area (Å²) < 4.78 is 44.9. The fraction of sp³-hybridized carbons (Fsp3) is 0.630. The van der Waals surface area contributed by atoms with Crippen LogP contribution in [0.3, 0.4) is 0 Å². The number of carbonyl (C=O) groups excluding carboxylic acids is 1. The fourth-order valence-corrected chi connectivity index (χ4v) is 5.23. The van der Waals surface area contributed by atoms with E-state index in [2.05, 4.69) is 11.1 Å². The molecule has 1 aromatic carbocycles. The van der Waals surface area contributed by atoms with Gasteiger partial charge in [-0.25, -0.2) is 9.79 Å². The van der Waals surface area contributed by atoms with E-state index in [9.17, 15) is 23.2 Å². The molecule has 0 bridgehead atoms. The van der Waals surface area contributed by atoms with Gasteiger partial charge in [0.15, 0.2) is 0 Å². The Morgan fingerprint density at radius 1 is 1.14 bits per heavy atom. The molecule has 0 saturated carbocycles. The number of hydrogen-bond acceptors (Lipinski definition) is 5. The molecule has 3 heterocycles. The van der Waals surface area contributed by atoms with Crippen molar-refractivity contribution in [1.82, 2.24) is 9.80 Å². The number of carbonyl (C=O) groups is 1. The van der Waals surface area contributed by atoms with Crippen molar-refractivity contribution in [3.05, 3.63) is 35.4 Å². The molecule has 0 aliphatic carbocycles. The van der Waals surface area contributed by atoms with Gasteiger partial charge in [0.25, 0.3) is 0 Å². The summed E-state index contributed by atoms with van der Waals surface area (Å²) in [6, 6.07) is 7.48. The molecule has 2 unspecified atom stereocenters. The molecule has 2 saturated heterocycles. The lowest BCUT2D eigenvalue weighted by Gasteiger charge is -2.41. The largest absolute Gasteiger partial charge is 0.416 e. The van der Waals surface area contributed by atoms with E-state index < -0.39 is 11.7 Å². The minimum atomic E-state index is -4.39. The van der Waals surface area contributed by atoms with Gasteiger partial charge in [-0.2, -0.15) is 18.4 Å². The lowest BCUT2D eigenvalue weighted by molar-refractivity contribution is -0.137. The summed E-state index contributed by atoms with van der Waals surface area (Å²) in [4.78, 5) is 26.4. The first-order chi connectivity index (χ1) is 17.6. The van der Waals surface area contributed by atoms with Crippen LogP contribution in [0.2, 0.25) is 0 Å². The Kier molecular flexibility index (Phi) is 8.53. The molecule has 3 aliphatic heterocycles. The summed E-state index contributed by atoms with van der Waals surface area (Å²) in [5, 5.41) is 9.19. The molecular formula is C27H34F3N5O2. The molecule has 10 heteroatoms. The van der Waals surface area contributed by atoms with Gasteiger partial charge in [0.05, 0.1) is 30.9 Å². The summed E-state index contributed by atoms with van der Waals surface area (Å²) in [6.45, 7) is 6.96. The predicted octanol–water partition coefficient (Wildman–Crippen LogP) is 5.13. The second-order valence-corrected chi connectivity index (χ2v) is 10.3. The smallest absolute Gasteiger partial charge is 0.378 e. The number of ether oxygens (including phenoxy) is 1. The highest BCUT2D eigenvalue weighted by atomic mass is 19.4. The average molecular weight is 518 g/mol. The van der Waals surface area contributed by atoms with Crippen LogP contribution in [0.15, 0.2) is 34.3 Å². The van der Waals surface area contributed by atoms with E-state index in [4.69, 9.17) is 9.73 Å². The molecule has 2 atom stereocenters. The maximum Gasteiger partial charge on any atom is 0.416 e. The van der Waals surface area contributed by atoms with Crippen LogP contribution < -0.4 is 0 Å². The SMILES string of the molecule is CC(C)OCCC1=NCC(C2CC(c3ccc(C(F)(F)F)cc3)CN(C(=O)N3CCC(C#N)CC3)C2)=N1. The first kappa shape index (κ1) is 27.1. The van der Waals surface area contributed by atoms with Gasteiger partial charge in [-0.15, -0.1) is 0 Å². The van der Waals surface area contributed by atoms with Gasteiger partial charge in [0, 0.05) is 56.1 Å². The lowest BCUT2D eigenvalue weighted by Crippen LogP contribution is -2.52. The van der Waals surface area contributed by atoms with E-state index >= 15 is 0 Å². The van der Waals surface area contributed by atoms with Gasteiger partial charge in [-0.1, -0.05) is 12.1 Å². The minimum Gasteiger partial charge on any atom is -0.378 e. The number of nitrogens with zero attached hydrogens (tertiary/aromatic N) is 5. The quantitative estimate of drug-likeness (QED) is 0.524. The van der Waals surface area contributed by atoms with Crippen molar-refractivity contribution in [2.24, 2.45) is 21.8 Å². The maximum atomic E-state index is 13.5. The van der Waals surface area contributed by atoms with Crippen LogP contribution in [0.1, 0.15) is 56.6 Å². The zero-order valence-corrected chi connectivity index (χ0v) is 21.4. The monoisotopic (exact) mass is 517 g/mol. The molecule has 2 amide bonds. The topological polar surface area (TPSA) is 81.3 Å². The number of urea groups is 1. The molecule has 7 nitrogen and oxygen atoms in total. The molecule has 0 spiro atoms. The molecule has 200 valence electrons. The van der Waals surface area contributed by atoms with Crippen LogP contribution in [-0.2, 0) is 10.9 Å². The normalized spacial score (nSPS) is 23.2. The van der Waals surface area contributed by atoms with Crippen molar-refractivity contribution in [1.29, 1.82) is 5.26 Å². The van der Waals surface area contributed by atoms with E-state index in [0.29, 0.717) is 65.0 Å². The third-order valence-electron chi connectivity index (χ3n) is 7.32. The number of amidine groups is 1. The van der Waals surface area contributed by atoms with Crippen molar-refractivity contribution < 1.29 is 22.7 Å². The van der Waals surface area contributed by atoms with E-state index in [1.807, 2.05) is 18.7 Å². The Morgan fingerprint density at radius 2 is 1.81 bits per heavy atom. The summed E-state index contributed by atoms with van der Waals surface area (Å²) >= 11 is 0. The van der Waals surface area contributed by atoms with Crippen LogP contribution in [0.5, 0.6) is 0 Å². The Bertz CT molecular complexity index is 1050. The van der Waals surface area contributed by atoms with Crippen LogP contribution in [0.25, 0.3) is 0 Å². The molecule has 4 rings (SSSR count). The second-order valence-electron chi connectivity index (χ2n) is 10.3. The number of rotatable bonds is 6. The lowest BCUT2D eigenvalue weighted by atomic mass is 9.82. The number of alkyl halides is 3. The third kappa shape index (κ3) is 6.89. The number of piperidine rings is 2. The van der Waals surface area contributed by atoms with E-state index in [1.165, 1.54) is 12.1 Å². The number of aliphatic imine (C=N–C) groups is 2. The Labute approximate surface area is 216 Å². The summed E-state index contributed by atoms with van der Waals surface area (Å²) in [7, 11) is 0. The number of nitriles is 1. The number of hydrogen-bond donors (Lipinski definition) is 0. The average Bonchev–Trinajstić information content (AvgIpc) is 3.36. The van der Waals surface area contributed by atoms with Crippen molar-refractivity contribution in [2.75, 3.05) is 39.3 Å². The van der Waals surface area contributed by atoms with Crippen LogP contribution in [0, 0.1) is 23.2 Å². The van der Waals surface area contributed by atoms with Crippen molar-refractivity contribution in [3.63, 3.8) is 0 Å². The minimum absolute atomic E-state index is 0.0267. The Balaban J connectivity index is 1.50. The highest BCUT2D eigenvalue weighted by Gasteiger charge is 2.37. The van der Waals surface area contributed by atoms with Crippen LogP contribution in [-0.4, -0.2) is 72.8 Å². The first-order valence-corrected chi connectivity index (χ1v) is 13.0. The van der Waals surface area contributed by atoms with E-state index in [0.717, 1.165) is 29.2 Å².